The van der Waals surface area contributed by atoms with E-state index >= 15 is 0 Å². The summed E-state index contributed by atoms with van der Waals surface area (Å²) >= 11 is 0. The summed E-state index contributed by atoms with van der Waals surface area (Å²) < 4.78 is 4.85. The standard InChI is InChI=1S/C16H21NO2/c1-2-19-16(18)8-5-13-3-6-14(7-4-13)15-9-11-17-12-10-15/h3-8,15,17H,2,9-12H2,1H3. The van der Waals surface area contributed by atoms with Crippen LogP contribution in [0.3, 0.4) is 0 Å². The summed E-state index contributed by atoms with van der Waals surface area (Å²) in [6.07, 6.45) is 5.68. The molecule has 0 radical (unpaired) electrons. The summed E-state index contributed by atoms with van der Waals surface area (Å²) in [5, 5.41) is 3.38. The highest BCUT2D eigenvalue weighted by Gasteiger charge is 2.14. The van der Waals surface area contributed by atoms with E-state index in [1.165, 1.54) is 24.5 Å². The summed E-state index contributed by atoms with van der Waals surface area (Å²) in [4.78, 5) is 11.2. The van der Waals surface area contributed by atoms with Crippen LogP contribution in [0.5, 0.6) is 0 Å². The fourth-order valence-electron chi connectivity index (χ4n) is 2.39. The van der Waals surface area contributed by atoms with Crippen LogP contribution >= 0.6 is 0 Å². The highest BCUT2D eigenvalue weighted by molar-refractivity contribution is 5.87. The Bertz CT molecular complexity index is 431. The second-order valence-corrected chi connectivity index (χ2v) is 4.78. The summed E-state index contributed by atoms with van der Waals surface area (Å²) in [7, 11) is 0. The van der Waals surface area contributed by atoms with Crippen LogP contribution < -0.4 is 5.32 Å². The van der Waals surface area contributed by atoms with E-state index in [2.05, 4.69) is 29.6 Å². The fourth-order valence-corrected chi connectivity index (χ4v) is 2.39. The predicted molar refractivity (Wildman–Crippen MR) is 77.0 cm³/mol. The number of carbonyl (C=O) groups excluding carboxylic acids is 1. The van der Waals surface area contributed by atoms with E-state index < -0.39 is 0 Å². The maximum Gasteiger partial charge on any atom is 0.330 e. The van der Waals surface area contributed by atoms with Crippen LogP contribution in [0, 0.1) is 0 Å². The Balaban J connectivity index is 1.96. The molecule has 0 saturated carbocycles. The molecule has 0 bridgehead atoms. The lowest BCUT2D eigenvalue weighted by Gasteiger charge is -2.22. The molecule has 19 heavy (non-hydrogen) atoms. The molecular formula is C16H21NO2. The van der Waals surface area contributed by atoms with Gasteiger partial charge in [0.1, 0.15) is 0 Å². The van der Waals surface area contributed by atoms with Gasteiger partial charge in [0.15, 0.2) is 0 Å². The SMILES string of the molecule is CCOC(=O)C=Cc1ccc(C2CCNCC2)cc1. The van der Waals surface area contributed by atoms with Crippen LogP contribution in [0.4, 0.5) is 0 Å². The smallest absolute Gasteiger partial charge is 0.330 e. The van der Waals surface area contributed by atoms with E-state index in [9.17, 15) is 4.79 Å². The molecule has 0 spiro atoms. The average Bonchev–Trinajstić information content (AvgIpc) is 2.47. The Morgan fingerprint density at radius 3 is 2.63 bits per heavy atom. The number of benzene rings is 1. The molecule has 1 N–H and O–H groups in total. The van der Waals surface area contributed by atoms with E-state index in [1.54, 1.807) is 13.0 Å². The molecule has 0 aromatic heterocycles. The van der Waals surface area contributed by atoms with Gasteiger partial charge in [0, 0.05) is 6.08 Å². The van der Waals surface area contributed by atoms with Crippen LogP contribution in [-0.2, 0) is 9.53 Å². The molecule has 0 aliphatic carbocycles. The Hall–Kier alpha value is -1.61. The van der Waals surface area contributed by atoms with Gasteiger partial charge in [-0.1, -0.05) is 24.3 Å². The zero-order valence-electron chi connectivity index (χ0n) is 11.4. The van der Waals surface area contributed by atoms with Gasteiger partial charge in [-0.2, -0.15) is 0 Å². The molecule has 0 amide bonds. The van der Waals surface area contributed by atoms with Gasteiger partial charge in [0.05, 0.1) is 6.61 Å². The highest BCUT2D eigenvalue weighted by Crippen LogP contribution is 2.25. The van der Waals surface area contributed by atoms with Crippen LogP contribution in [-0.4, -0.2) is 25.7 Å². The maximum atomic E-state index is 11.2. The molecule has 3 heteroatoms. The van der Waals surface area contributed by atoms with Gasteiger partial charge in [-0.25, -0.2) is 4.79 Å². The number of hydrogen-bond acceptors (Lipinski definition) is 3. The molecule has 1 aliphatic heterocycles. The van der Waals surface area contributed by atoms with Gasteiger partial charge < -0.3 is 10.1 Å². The predicted octanol–water partition coefficient (Wildman–Crippen LogP) is 2.73. The maximum absolute atomic E-state index is 11.2. The zero-order valence-corrected chi connectivity index (χ0v) is 11.4. The lowest BCUT2D eigenvalue weighted by Crippen LogP contribution is -2.26. The van der Waals surface area contributed by atoms with Crippen LogP contribution in [0.2, 0.25) is 0 Å². The minimum atomic E-state index is -0.287. The van der Waals surface area contributed by atoms with Crippen molar-refractivity contribution in [2.24, 2.45) is 0 Å². The van der Waals surface area contributed by atoms with Gasteiger partial charge in [-0.05, 0) is 56.0 Å². The van der Waals surface area contributed by atoms with Crippen molar-refractivity contribution in [2.45, 2.75) is 25.7 Å². The van der Waals surface area contributed by atoms with Crippen molar-refractivity contribution in [3.05, 3.63) is 41.5 Å². The molecule has 102 valence electrons. The molecule has 1 fully saturated rings. The third kappa shape index (κ3) is 4.21. The molecular weight excluding hydrogens is 238 g/mol. The van der Waals surface area contributed by atoms with Crippen LogP contribution in [0.1, 0.15) is 36.8 Å². The number of esters is 1. The van der Waals surface area contributed by atoms with Crippen molar-refractivity contribution < 1.29 is 9.53 Å². The van der Waals surface area contributed by atoms with E-state index in [0.717, 1.165) is 18.7 Å². The number of hydrogen-bond donors (Lipinski definition) is 1. The van der Waals surface area contributed by atoms with Crippen molar-refractivity contribution >= 4 is 12.0 Å². The molecule has 2 rings (SSSR count). The van der Waals surface area contributed by atoms with Crippen LogP contribution in [0.15, 0.2) is 30.3 Å². The molecule has 0 atom stereocenters. The van der Waals surface area contributed by atoms with E-state index in [0.29, 0.717) is 12.5 Å². The number of nitrogens with one attached hydrogen (secondary N) is 1. The van der Waals surface area contributed by atoms with Crippen LogP contribution in [0.25, 0.3) is 6.08 Å². The zero-order chi connectivity index (χ0) is 13.5. The highest BCUT2D eigenvalue weighted by atomic mass is 16.5. The first-order valence-electron chi connectivity index (χ1n) is 6.95. The Labute approximate surface area is 114 Å². The van der Waals surface area contributed by atoms with Gasteiger partial charge in [-0.3, -0.25) is 0 Å². The number of carbonyl (C=O) groups is 1. The molecule has 0 unspecified atom stereocenters. The van der Waals surface area contributed by atoms with Gasteiger partial charge in [0.25, 0.3) is 0 Å². The summed E-state index contributed by atoms with van der Waals surface area (Å²) in [6.45, 7) is 4.43. The monoisotopic (exact) mass is 259 g/mol. The average molecular weight is 259 g/mol. The Morgan fingerprint density at radius 1 is 1.32 bits per heavy atom. The van der Waals surface area contributed by atoms with E-state index in [4.69, 9.17) is 4.74 Å². The molecule has 1 heterocycles. The van der Waals surface area contributed by atoms with E-state index in [1.807, 2.05) is 0 Å². The number of ether oxygens (including phenoxy) is 1. The fraction of sp³-hybridized carbons (Fsp3) is 0.438. The first-order valence-corrected chi connectivity index (χ1v) is 6.95. The molecule has 1 saturated heterocycles. The van der Waals surface area contributed by atoms with Crippen molar-refractivity contribution in [2.75, 3.05) is 19.7 Å². The second kappa shape index (κ2) is 7.10. The molecule has 1 aromatic rings. The Morgan fingerprint density at radius 2 is 2.00 bits per heavy atom. The third-order valence-corrected chi connectivity index (χ3v) is 3.45. The van der Waals surface area contributed by atoms with Gasteiger partial charge >= 0.3 is 5.97 Å². The lowest BCUT2D eigenvalue weighted by atomic mass is 9.90. The largest absolute Gasteiger partial charge is 0.463 e. The topological polar surface area (TPSA) is 38.3 Å². The molecule has 3 nitrogen and oxygen atoms in total. The normalized spacial score (nSPS) is 16.7. The third-order valence-electron chi connectivity index (χ3n) is 3.45. The van der Waals surface area contributed by atoms with Crippen molar-refractivity contribution in [1.82, 2.24) is 5.32 Å². The van der Waals surface area contributed by atoms with Gasteiger partial charge in [-0.15, -0.1) is 0 Å². The van der Waals surface area contributed by atoms with Crippen molar-refractivity contribution in [1.29, 1.82) is 0 Å². The summed E-state index contributed by atoms with van der Waals surface area (Å²) in [5.74, 6) is 0.384. The van der Waals surface area contributed by atoms with Crippen molar-refractivity contribution in [3.8, 4) is 0 Å². The number of rotatable bonds is 4. The lowest BCUT2D eigenvalue weighted by molar-refractivity contribution is -0.137. The second-order valence-electron chi connectivity index (χ2n) is 4.78. The van der Waals surface area contributed by atoms with Crippen molar-refractivity contribution in [3.63, 3.8) is 0 Å². The quantitative estimate of drug-likeness (QED) is 0.667. The molecule has 1 aromatic carbocycles. The first kappa shape index (κ1) is 13.8. The van der Waals surface area contributed by atoms with Gasteiger partial charge in [0.2, 0.25) is 0 Å². The number of piperidine rings is 1. The molecule has 1 aliphatic rings. The summed E-state index contributed by atoms with van der Waals surface area (Å²) in [6, 6.07) is 8.46. The summed E-state index contributed by atoms with van der Waals surface area (Å²) in [5.41, 5.74) is 2.43. The van der Waals surface area contributed by atoms with E-state index in [-0.39, 0.29) is 5.97 Å². The first-order chi connectivity index (χ1) is 9.29. The minimum absolute atomic E-state index is 0.287. The minimum Gasteiger partial charge on any atom is -0.463 e. The Kier molecular flexibility index (Phi) is 5.16.